The Morgan fingerprint density at radius 1 is 0.957 bits per heavy atom. The van der Waals surface area contributed by atoms with E-state index in [9.17, 15) is 9.18 Å². The highest BCUT2D eigenvalue weighted by atomic mass is 19.1. The molecule has 1 saturated heterocycles. The highest BCUT2D eigenvalue weighted by molar-refractivity contribution is 5.83. The number of halogens is 1. The topological polar surface area (TPSA) is 49.6 Å². The second-order valence-electron chi connectivity index (χ2n) is 5.65. The smallest absolute Gasteiger partial charge is 0.244 e. The van der Waals surface area contributed by atoms with Crippen LogP contribution in [0.2, 0.25) is 0 Å². The number of nitrogens with two attached hydrogens (primary N) is 1. The number of hydrogen-bond donors (Lipinski definition) is 1. The first-order valence-electron chi connectivity index (χ1n) is 7.75. The van der Waals surface area contributed by atoms with E-state index in [4.69, 9.17) is 5.73 Å². The van der Waals surface area contributed by atoms with Crippen LogP contribution in [0.25, 0.3) is 0 Å². The number of piperazine rings is 1. The molecular weight excluding hydrogens is 293 g/mol. The molecular formula is C18H20FN3O. The SMILES string of the molecule is NC(C(=O)N1CCN(c2ccccc2F)CC1)c1ccccc1. The van der Waals surface area contributed by atoms with Crippen LogP contribution in [0.3, 0.4) is 0 Å². The minimum atomic E-state index is -0.642. The second kappa shape index (κ2) is 6.79. The zero-order valence-corrected chi connectivity index (χ0v) is 12.9. The summed E-state index contributed by atoms with van der Waals surface area (Å²) in [5, 5.41) is 0. The molecule has 0 bridgehead atoms. The van der Waals surface area contributed by atoms with Gasteiger partial charge in [-0.15, -0.1) is 0 Å². The Morgan fingerprint density at radius 3 is 2.22 bits per heavy atom. The van der Waals surface area contributed by atoms with Crippen LogP contribution in [0, 0.1) is 5.82 Å². The van der Waals surface area contributed by atoms with Crippen molar-refractivity contribution in [3.05, 3.63) is 66.0 Å². The zero-order valence-electron chi connectivity index (χ0n) is 12.9. The highest BCUT2D eigenvalue weighted by Crippen LogP contribution is 2.21. The quantitative estimate of drug-likeness (QED) is 0.945. The number of rotatable bonds is 3. The second-order valence-corrected chi connectivity index (χ2v) is 5.65. The lowest BCUT2D eigenvalue weighted by molar-refractivity contribution is -0.133. The maximum atomic E-state index is 13.8. The average Bonchev–Trinajstić information content (AvgIpc) is 2.62. The van der Waals surface area contributed by atoms with Gasteiger partial charge in [-0.25, -0.2) is 4.39 Å². The molecule has 23 heavy (non-hydrogen) atoms. The number of benzene rings is 2. The molecule has 0 aromatic heterocycles. The Morgan fingerprint density at radius 2 is 1.57 bits per heavy atom. The molecule has 3 rings (SSSR count). The molecule has 1 unspecified atom stereocenters. The van der Waals surface area contributed by atoms with E-state index >= 15 is 0 Å². The molecule has 0 saturated carbocycles. The van der Waals surface area contributed by atoms with Crippen LogP contribution in [0.5, 0.6) is 0 Å². The number of hydrogen-bond acceptors (Lipinski definition) is 3. The average molecular weight is 313 g/mol. The molecule has 1 aliphatic heterocycles. The largest absolute Gasteiger partial charge is 0.366 e. The van der Waals surface area contributed by atoms with Gasteiger partial charge >= 0.3 is 0 Å². The maximum absolute atomic E-state index is 13.8. The van der Waals surface area contributed by atoms with Gasteiger partial charge in [0, 0.05) is 26.2 Å². The first-order chi connectivity index (χ1) is 11.2. The van der Waals surface area contributed by atoms with Crippen molar-refractivity contribution in [3.8, 4) is 0 Å². The summed E-state index contributed by atoms with van der Waals surface area (Å²) in [5.74, 6) is -0.308. The van der Waals surface area contributed by atoms with Gasteiger partial charge in [0.05, 0.1) is 5.69 Å². The summed E-state index contributed by atoms with van der Waals surface area (Å²) < 4.78 is 13.8. The fraction of sp³-hybridized carbons (Fsp3) is 0.278. The summed E-state index contributed by atoms with van der Waals surface area (Å²) >= 11 is 0. The molecule has 4 nitrogen and oxygen atoms in total. The van der Waals surface area contributed by atoms with E-state index in [0.717, 1.165) is 5.56 Å². The van der Waals surface area contributed by atoms with Gasteiger partial charge in [-0.05, 0) is 17.7 Å². The standard InChI is InChI=1S/C18H20FN3O/c19-15-8-4-5-9-16(15)21-10-12-22(13-11-21)18(23)17(20)14-6-2-1-3-7-14/h1-9,17H,10-13,20H2. The van der Waals surface area contributed by atoms with E-state index in [1.165, 1.54) is 6.07 Å². The molecule has 2 aromatic rings. The molecule has 0 aliphatic carbocycles. The molecule has 0 radical (unpaired) electrons. The van der Waals surface area contributed by atoms with E-state index < -0.39 is 6.04 Å². The van der Waals surface area contributed by atoms with E-state index in [1.807, 2.05) is 41.3 Å². The molecule has 1 heterocycles. The van der Waals surface area contributed by atoms with Gasteiger partial charge < -0.3 is 15.5 Å². The molecule has 1 atom stereocenters. The van der Waals surface area contributed by atoms with Gasteiger partial charge in [0.2, 0.25) is 5.91 Å². The summed E-state index contributed by atoms with van der Waals surface area (Å²) in [4.78, 5) is 16.2. The van der Waals surface area contributed by atoms with Crippen molar-refractivity contribution in [1.29, 1.82) is 0 Å². The van der Waals surface area contributed by atoms with Gasteiger partial charge in [0.15, 0.2) is 0 Å². The third-order valence-corrected chi connectivity index (χ3v) is 4.21. The van der Waals surface area contributed by atoms with Crippen molar-refractivity contribution in [1.82, 2.24) is 4.90 Å². The first-order valence-corrected chi connectivity index (χ1v) is 7.75. The van der Waals surface area contributed by atoms with Crippen molar-refractivity contribution in [2.24, 2.45) is 5.73 Å². The minimum Gasteiger partial charge on any atom is -0.366 e. The molecule has 120 valence electrons. The Labute approximate surface area is 135 Å². The predicted molar refractivity (Wildman–Crippen MR) is 88.6 cm³/mol. The van der Waals surface area contributed by atoms with Gasteiger partial charge in [-0.1, -0.05) is 42.5 Å². The molecule has 0 spiro atoms. The van der Waals surface area contributed by atoms with Crippen LogP contribution in [0.1, 0.15) is 11.6 Å². The molecule has 5 heteroatoms. The van der Waals surface area contributed by atoms with Crippen LogP contribution < -0.4 is 10.6 Å². The van der Waals surface area contributed by atoms with Crippen molar-refractivity contribution in [3.63, 3.8) is 0 Å². The fourth-order valence-corrected chi connectivity index (χ4v) is 2.88. The number of nitrogens with zero attached hydrogens (tertiary/aromatic N) is 2. The number of anilines is 1. The Balaban J connectivity index is 1.63. The third-order valence-electron chi connectivity index (χ3n) is 4.21. The summed E-state index contributed by atoms with van der Waals surface area (Å²) in [6.07, 6.45) is 0. The van der Waals surface area contributed by atoms with E-state index in [2.05, 4.69) is 0 Å². The van der Waals surface area contributed by atoms with Crippen LogP contribution in [0.15, 0.2) is 54.6 Å². The molecule has 2 aromatic carbocycles. The molecule has 1 fully saturated rings. The lowest BCUT2D eigenvalue weighted by Crippen LogP contribution is -2.51. The zero-order chi connectivity index (χ0) is 16.2. The number of para-hydroxylation sites is 1. The summed E-state index contributed by atoms with van der Waals surface area (Å²) in [5.41, 5.74) is 7.48. The van der Waals surface area contributed by atoms with Crippen molar-refractivity contribution in [2.45, 2.75) is 6.04 Å². The van der Waals surface area contributed by atoms with E-state index in [1.54, 1.807) is 17.0 Å². The van der Waals surface area contributed by atoms with E-state index in [0.29, 0.717) is 31.9 Å². The third kappa shape index (κ3) is 3.35. The van der Waals surface area contributed by atoms with Gasteiger partial charge in [-0.2, -0.15) is 0 Å². The van der Waals surface area contributed by atoms with Crippen LogP contribution in [0.4, 0.5) is 10.1 Å². The molecule has 1 aliphatic rings. The van der Waals surface area contributed by atoms with Crippen LogP contribution in [-0.4, -0.2) is 37.0 Å². The van der Waals surface area contributed by atoms with Gasteiger partial charge in [0.1, 0.15) is 11.9 Å². The van der Waals surface area contributed by atoms with Gasteiger partial charge in [0.25, 0.3) is 0 Å². The lowest BCUT2D eigenvalue weighted by Gasteiger charge is -2.37. The Hall–Kier alpha value is -2.40. The normalized spacial score (nSPS) is 16.3. The fourth-order valence-electron chi connectivity index (χ4n) is 2.88. The monoisotopic (exact) mass is 313 g/mol. The first kappa shape index (κ1) is 15.5. The van der Waals surface area contributed by atoms with E-state index in [-0.39, 0.29) is 11.7 Å². The molecule has 2 N–H and O–H groups in total. The lowest BCUT2D eigenvalue weighted by atomic mass is 10.1. The summed E-state index contributed by atoms with van der Waals surface area (Å²) in [6.45, 7) is 2.31. The molecule has 1 amide bonds. The van der Waals surface area contributed by atoms with Gasteiger partial charge in [-0.3, -0.25) is 4.79 Å². The highest BCUT2D eigenvalue weighted by Gasteiger charge is 2.26. The number of amides is 1. The number of carbonyl (C=O) groups excluding carboxylic acids is 1. The van der Waals surface area contributed by atoms with Crippen molar-refractivity contribution >= 4 is 11.6 Å². The minimum absolute atomic E-state index is 0.0793. The van der Waals surface area contributed by atoms with Crippen molar-refractivity contribution in [2.75, 3.05) is 31.1 Å². The number of carbonyl (C=O) groups is 1. The Bertz CT molecular complexity index is 669. The predicted octanol–water partition coefficient (Wildman–Crippen LogP) is 2.17. The Kier molecular flexibility index (Phi) is 4.57. The summed E-state index contributed by atoms with van der Waals surface area (Å²) in [6, 6.07) is 15.4. The maximum Gasteiger partial charge on any atom is 0.244 e. The van der Waals surface area contributed by atoms with Crippen LogP contribution >= 0.6 is 0 Å². The summed E-state index contributed by atoms with van der Waals surface area (Å²) in [7, 11) is 0. The van der Waals surface area contributed by atoms with Crippen LogP contribution in [-0.2, 0) is 4.79 Å². The van der Waals surface area contributed by atoms with Crippen molar-refractivity contribution < 1.29 is 9.18 Å².